The van der Waals surface area contributed by atoms with Gasteiger partial charge in [0.05, 0.1) is 13.2 Å². The number of aliphatic hydroxyl groups excluding tert-OH is 2. The van der Waals surface area contributed by atoms with Gasteiger partial charge in [-0.1, -0.05) is 30.4 Å². The molecular formula is C19H28N2O3. The van der Waals surface area contributed by atoms with Gasteiger partial charge < -0.3 is 26.0 Å². The van der Waals surface area contributed by atoms with Crippen molar-refractivity contribution in [2.24, 2.45) is 5.41 Å². The lowest BCUT2D eigenvalue weighted by atomic mass is 9.79. The summed E-state index contributed by atoms with van der Waals surface area (Å²) in [5.74, 6) is 0.278. The van der Waals surface area contributed by atoms with Crippen molar-refractivity contribution in [1.82, 2.24) is 10.6 Å². The van der Waals surface area contributed by atoms with Gasteiger partial charge in [0.2, 0.25) is 0 Å². The average Bonchev–Trinajstić information content (AvgIpc) is 2.62. The Bertz CT molecular complexity index is 568. The van der Waals surface area contributed by atoms with E-state index < -0.39 is 0 Å². The molecule has 2 unspecified atom stereocenters. The van der Waals surface area contributed by atoms with E-state index in [9.17, 15) is 15.3 Å². The van der Waals surface area contributed by atoms with E-state index in [1.165, 1.54) is 0 Å². The Morgan fingerprint density at radius 2 is 1.96 bits per heavy atom. The quantitative estimate of drug-likeness (QED) is 0.471. The number of aromatic hydroxyl groups is 1. The summed E-state index contributed by atoms with van der Waals surface area (Å²) in [4.78, 5) is 0. The Morgan fingerprint density at radius 1 is 1.21 bits per heavy atom. The molecule has 0 saturated carbocycles. The van der Waals surface area contributed by atoms with E-state index in [1.807, 2.05) is 30.4 Å². The zero-order chi connectivity index (χ0) is 17.4. The number of benzene rings is 1. The largest absolute Gasteiger partial charge is 0.508 e. The maximum Gasteiger partial charge on any atom is 0.115 e. The molecule has 132 valence electrons. The van der Waals surface area contributed by atoms with Gasteiger partial charge in [-0.25, -0.2) is 0 Å². The molecule has 2 rings (SSSR count). The second-order valence-corrected chi connectivity index (χ2v) is 6.62. The number of aliphatic hydroxyl groups is 2. The monoisotopic (exact) mass is 332 g/mol. The van der Waals surface area contributed by atoms with E-state index in [0.717, 1.165) is 24.2 Å². The maximum absolute atomic E-state index is 9.78. The minimum Gasteiger partial charge on any atom is -0.508 e. The van der Waals surface area contributed by atoms with Crippen LogP contribution in [0.3, 0.4) is 0 Å². The second-order valence-electron chi connectivity index (χ2n) is 6.62. The van der Waals surface area contributed by atoms with Crippen LogP contribution in [0.15, 0.2) is 48.1 Å². The fourth-order valence-electron chi connectivity index (χ4n) is 2.85. The predicted molar refractivity (Wildman–Crippen MR) is 95.7 cm³/mol. The van der Waals surface area contributed by atoms with Crippen LogP contribution >= 0.6 is 0 Å². The lowest BCUT2D eigenvalue weighted by molar-refractivity contribution is 0.155. The number of phenolic OH excluding ortho intramolecular Hbond substituents is 1. The van der Waals surface area contributed by atoms with Crippen molar-refractivity contribution >= 4 is 0 Å². The summed E-state index contributed by atoms with van der Waals surface area (Å²) >= 11 is 0. The van der Waals surface area contributed by atoms with Crippen molar-refractivity contribution < 1.29 is 15.3 Å². The molecule has 0 aromatic heterocycles. The molecule has 24 heavy (non-hydrogen) atoms. The van der Waals surface area contributed by atoms with Crippen LogP contribution in [0.4, 0.5) is 0 Å². The Labute approximate surface area is 143 Å². The highest BCUT2D eigenvalue weighted by atomic mass is 16.3. The van der Waals surface area contributed by atoms with Gasteiger partial charge in [0.15, 0.2) is 0 Å². The summed E-state index contributed by atoms with van der Waals surface area (Å²) < 4.78 is 0. The zero-order valence-electron chi connectivity index (χ0n) is 14.2. The third-order valence-corrected chi connectivity index (χ3v) is 4.40. The van der Waals surface area contributed by atoms with E-state index >= 15 is 0 Å². The lowest BCUT2D eigenvalue weighted by Gasteiger charge is -2.33. The molecule has 0 aliphatic heterocycles. The maximum atomic E-state index is 9.78. The third-order valence-electron chi connectivity index (χ3n) is 4.40. The van der Waals surface area contributed by atoms with Crippen LogP contribution in [0.25, 0.3) is 0 Å². The van der Waals surface area contributed by atoms with E-state index in [4.69, 9.17) is 0 Å². The molecule has 1 aromatic carbocycles. The number of hydrogen-bond acceptors (Lipinski definition) is 5. The number of nitrogens with one attached hydrogen (secondary N) is 2. The first-order chi connectivity index (χ1) is 11.6. The molecular weight excluding hydrogens is 304 g/mol. The van der Waals surface area contributed by atoms with Crippen LogP contribution in [0.1, 0.15) is 18.9 Å². The summed E-state index contributed by atoms with van der Waals surface area (Å²) in [5.41, 5.74) is 1.74. The van der Waals surface area contributed by atoms with E-state index in [1.54, 1.807) is 12.1 Å². The molecule has 0 fully saturated rings. The highest BCUT2D eigenvalue weighted by molar-refractivity contribution is 5.26. The summed E-state index contributed by atoms with van der Waals surface area (Å²) in [5, 5.41) is 35.2. The zero-order valence-corrected chi connectivity index (χ0v) is 14.2. The molecule has 5 heteroatoms. The third kappa shape index (κ3) is 5.46. The van der Waals surface area contributed by atoms with Crippen molar-refractivity contribution in [1.29, 1.82) is 0 Å². The van der Waals surface area contributed by atoms with Crippen molar-refractivity contribution in [3.63, 3.8) is 0 Å². The van der Waals surface area contributed by atoms with Crippen molar-refractivity contribution in [3.8, 4) is 5.75 Å². The summed E-state index contributed by atoms with van der Waals surface area (Å²) in [6, 6.07) is 7.42. The first-order valence-electron chi connectivity index (χ1n) is 8.38. The SMILES string of the molecule is CC(CNCc1ccc(O)cc1)NCC1(CO)C=CC=C(CO)C1. The van der Waals surface area contributed by atoms with Crippen molar-refractivity contribution in [2.75, 3.05) is 26.3 Å². The van der Waals surface area contributed by atoms with Crippen molar-refractivity contribution in [2.45, 2.75) is 25.9 Å². The molecule has 0 radical (unpaired) electrons. The van der Waals surface area contributed by atoms with E-state index in [0.29, 0.717) is 13.0 Å². The molecule has 5 N–H and O–H groups in total. The molecule has 0 heterocycles. The van der Waals surface area contributed by atoms with Crippen LogP contribution in [0.5, 0.6) is 5.75 Å². The lowest BCUT2D eigenvalue weighted by Crippen LogP contribution is -2.44. The second kappa shape index (κ2) is 8.99. The van der Waals surface area contributed by atoms with E-state index in [-0.39, 0.29) is 30.4 Å². The summed E-state index contributed by atoms with van der Waals surface area (Å²) in [6.45, 7) is 4.41. The molecule has 2 atom stereocenters. The predicted octanol–water partition coefficient (Wildman–Crippen LogP) is 1.32. The highest BCUT2D eigenvalue weighted by Gasteiger charge is 2.29. The molecule has 1 aliphatic carbocycles. The Hall–Kier alpha value is -1.66. The van der Waals surface area contributed by atoms with Crippen LogP contribution < -0.4 is 10.6 Å². The number of hydrogen-bond donors (Lipinski definition) is 5. The minimum absolute atomic E-state index is 0.0375. The Kier molecular flexibility index (Phi) is 6.99. The first kappa shape index (κ1) is 18.7. The number of rotatable bonds is 9. The van der Waals surface area contributed by atoms with Crippen LogP contribution in [-0.2, 0) is 6.54 Å². The van der Waals surface area contributed by atoms with Gasteiger partial charge in [-0.2, -0.15) is 0 Å². The number of allylic oxidation sites excluding steroid dienone is 2. The summed E-state index contributed by atoms with van der Waals surface area (Å²) in [7, 11) is 0. The molecule has 1 aromatic rings. The highest BCUT2D eigenvalue weighted by Crippen LogP contribution is 2.30. The Morgan fingerprint density at radius 3 is 2.62 bits per heavy atom. The molecule has 0 saturated heterocycles. The molecule has 1 aliphatic rings. The number of phenols is 1. The van der Waals surface area contributed by atoms with Gasteiger partial charge in [0, 0.05) is 31.1 Å². The van der Waals surface area contributed by atoms with E-state index in [2.05, 4.69) is 17.6 Å². The molecule has 0 bridgehead atoms. The standard InChI is InChI=1S/C19H28N2O3/c1-15(10-20-11-16-4-6-18(24)7-5-16)21-13-19(14-23)8-2-3-17(9-19)12-22/h2-8,15,20-24H,9-14H2,1H3. The fourth-order valence-corrected chi connectivity index (χ4v) is 2.85. The molecule has 0 spiro atoms. The van der Waals surface area contributed by atoms with Crippen LogP contribution in [0, 0.1) is 5.41 Å². The Balaban J connectivity index is 1.74. The van der Waals surface area contributed by atoms with Crippen LogP contribution in [0.2, 0.25) is 0 Å². The van der Waals surface area contributed by atoms with Gasteiger partial charge in [0.25, 0.3) is 0 Å². The normalized spacial score (nSPS) is 21.5. The average molecular weight is 332 g/mol. The van der Waals surface area contributed by atoms with Crippen molar-refractivity contribution in [3.05, 3.63) is 53.6 Å². The first-order valence-corrected chi connectivity index (χ1v) is 8.38. The smallest absolute Gasteiger partial charge is 0.115 e. The van der Waals surface area contributed by atoms with Gasteiger partial charge in [-0.05, 0) is 36.6 Å². The van der Waals surface area contributed by atoms with Gasteiger partial charge in [-0.3, -0.25) is 0 Å². The van der Waals surface area contributed by atoms with Gasteiger partial charge in [0.1, 0.15) is 5.75 Å². The van der Waals surface area contributed by atoms with Crippen LogP contribution in [-0.4, -0.2) is 47.7 Å². The minimum atomic E-state index is -0.335. The summed E-state index contributed by atoms with van der Waals surface area (Å²) in [6.07, 6.45) is 6.53. The topological polar surface area (TPSA) is 84.8 Å². The fraction of sp³-hybridized carbons (Fsp3) is 0.474. The van der Waals surface area contributed by atoms with Gasteiger partial charge >= 0.3 is 0 Å². The van der Waals surface area contributed by atoms with Gasteiger partial charge in [-0.15, -0.1) is 0 Å². The molecule has 0 amide bonds. The molecule has 5 nitrogen and oxygen atoms in total.